The summed E-state index contributed by atoms with van der Waals surface area (Å²) < 4.78 is 13.7. The van der Waals surface area contributed by atoms with Gasteiger partial charge >= 0.3 is 0 Å². The van der Waals surface area contributed by atoms with Crippen LogP contribution in [0.4, 0.5) is 4.39 Å². The monoisotopic (exact) mass is 375 g/mol. The van der Waals surface area contributed by atoms with Gasteiger partial charge in [-0.05, 0) is 24.5 Å². The summed E-state index contributed by atoms with van der Waals surface area (Å²) in [6, 6.07) is -0.533. The molecule has 3 aliphatic rings. The topological polar surface area (TPSA) is 54.4 Å². The van der Waals surface area contributed by atoms with Crippen molar-refractivity contribution in [2.45, 2.75) is 31.7 Å². The molecule has 7 heteroatoms. The first-order valence-electron chi connectivity index (χ1n) is 8.06. The van der Waals surface area contributed by atoms with Crippen LogP contribution in [0.25, 0.3) is 0 Å². The Morgan fingerprint density at radius 2 is 2.24 bits per heavy atom. The lowest BCUT2D eigenvalue weighted by Crippen LogP contribution is -2.38. The molecule has 1 atom stereocenters. The third-order valence-electron chi connectivity index (χ3n) is 4.36. The molecular formula is C18H15ClFN3OS. The molecule has 4 rings (SSSR count). The zero-order chi connectivity index (χ0) is 17.4. The third kappa shape index (κ3) is 3.12. The maximum atomic E-state index is 13.7. The largest absolute Gasteiger partial charge is 0.341 e. The number of aliphatic imine (C=N–C) groups is 1. The van der Waals surface area contributed by atoms with Gasteiger partial charge < -0.3 is 5.32 Å². The van der Waals surface area contributed by atoms with Crippen molar-refractivity contribution in [1.82, 2.24) is 10.3 Å². The Bertz CT molecular complexity index is 880. The molecule has 2 heterocycles. The van der Waals surface area contributed by atoms with Gasteiger partial charge in [-0.3, -0.25) is 9.79 Å². The van der Waals surface area contributed by atoms with E-state index in [4.69, 9.17) is 16.6 Å². The van der Waals surface area contributed by atoms with Crippen LogP contribution >= 0.6 is 22.9 Å². The number of Topliss-reactive ketones (excluding diaryl/α,β-unsaturated/α-hetero) is 1. The summed E-state index contributed by atoms with van der Waals surface area (Å²) >= 11 is 7.81. The SMILES string of the molecule is O=C1CCCC2=C1C(C1=C(Cl)C=C(F)CC=C1)N=C(c1nccs1)N2. The summed E-state index contributed by atoms with van der Waals surface area (Å²) in [6.45, 7) is 0. The zero-order valence-electron chi connectivity index (χ0n) is 13.3. The van der Waals surface area contributed by atoms with Crippen molar-refractivity contribution in [2.75, 3.05) is 0 Å². The molecule has 1 aromatic heterocycles. The number of carbonyl (C=O) groups is 1. The molecule has 128 valence electrons. The van der Waals surface area contributed by atoms with E-state index in [9.17, 15) is 9.18 Å². The second-order valence-electron chi connectivity index (χ2n) is 6.01. The standard InChI is InChI=1S/C18H15ClFN3OS/c19-12-9-10(20)3-1-4-11(12)16-15-13(5-2-6-14(15)24)22-17(23-16)18-21-7-8-25-18/h1,4,7-9,16H,2-3,5-6H2,(H,22,23). The van der Waals surface area contributed by atoms with Crippen LogP contribution in [0.1, 0.15) is 30.7 Å². The number of hydrogen-bond acceptors (Lipinski definition) is 5. The highest BCUT2D eigenvalue weighted by molar-refractivity contribution is 7.11. The first-order chi connectivity index (χ1) is 12.1. The predicted octanol–water partition coefficient (Wildman–Crippen LogP) is 4.17. The first-order valence-corrected chi connectivity index (χ1v) is 9.32. The van der Waals surface area contributed by atoms with E-state index < -0.39 is 6.04 Å². The van der Waals surface area contributed by atoms with E-state index in [-0.39, 0.29) is 23.1 Å². The molecule has 0 amide bonds. The van der Waals surface area contributed by atoms with Gasteiger partial charge in [0.2, 0.25) is 0 Å². The normalized spacial score (nSPS) is 23.8. The Morgan fingerprint density at radius 3 is 3.04 bits per heavy atom. The summed E-state index contributed by atoms with van der Waals surface area (Å²) in [5, 5.41) is 6.19. The molecule has 1 N–H and O–H groups in total. The van der Waals surface area contributed by atoms with Crippen molar-refractivity contribution >= 4 is 34.6 Å². The van der Waals surface area contributed by atoms with E-state index >= 15 is 0 Å². The van der Waals surface area contributed by atoms with Crippen molar-refractivity contribution in [3.63, 3.8) is 0 Å². The predicted molar refractivity (Wildman–Crippen MR) is 97.3 cm³/mol. The highest BCUT2D eigenvalue weighted by atomic mass is 35.5. The van der Waals surface area contributed by atoms with Gasteiger partial charge in [0.25, 0.3) is 0 Å². The van der Waals surface area contributed by atoms with Crippen LogP contribution < -0.4 is 5.32 Å². The minimum Gasteiger partial charge on any atom is -0.341 e. The molecule has 1 aliphatic heterocycles. The van der Waals surface area contributed by atoms with E-state index in [1.165, 1.54) is 17.4 Å². The summed E-state index contributed by atoms with van der Waals surface area (Å²) in [4.78, 5) is 21.6. The molecule has 0 bridgehead atoms. The molecule has 0 radical (unpaired) electrons. The fraction of sp³-hybridized carbons (Fsp3) is 0.278. The lowest BCUT2D eigenvalue weighted by Gasteiger charge is -2.30. The van der Waals surface area contributed by atoms with Gasteiger partial charge in [0, 0.05) is 40.7 Å². The van der Waals surface area contributed by atoms with Crippen molar-refractivity contribution in [1.29, 1.82) is 0 Å². The summed E-state index contributed by atoms with van der Waals surface area (Å²) in [5.74, 6) is 0.394. The second-order valence-corrected chi connectivity index (χ2v) is 7.31. The number of ketones is 1. The number of nitrogens with zero attached hydrogens (tertiary/aromatic N) is 2. The molecule has 1 aromatic rings. The van der Waals surface area contributed by atoms with Crippen molar-refractivity contribution in [3.8, 4) is 0 Å². The fourth-order valence-electron chi connectivity index (χ4n) is 3.23. The van der Waals surface area contributed by atoms with Crippen LogP contribution in [-0.4, -0.2) is 22.6 Å². The van der Waals surface area contributed by atoms with Gasteiger partial charge in [-0.1, -0.05) is 23.8 Å². The Morgan fingerprint density at radius 1 is 1.36 bits per heavy atom. The van der Waals surface area contributed by atoms with Crippen LogP contribution in [0.15, 0.2) is 62.5 Å². The number of halogens is 2. The van der Waals surface area contributed by atoms with Crippen molar-refractivity contribution in [2.24, 2.45) is 4.99 Å². The van der Waals surface area contributed by atoms with Gasteiger partial charge in [-0.25, -0.2) is 9.37 Å². The number of rotatable bonds is 2. The number of nitrogens with one attached hydrogen (secondary N) is 1. The molecule has 25 heavy (non-hydrogen) atoms. The molecule has 0 spiro atoms. The summed E-state index contributed by atoms with van der Waals surface area (Å²) in [6.07, 6.45) is 8.78. The maximum Gasteiger partial charge on any atom is 0.163 e. The molecule has 2 aliphatic carbocycles. The highest BCUT2D eigenvalue weighted by Gasteiger charge is 2.34. The summed E-state index contributed by atoms with van der Waals surface area (Å²) in [5.41, 5.74) is 2.16. The lowest BCUT2D eigenvalue weighted by atomic mass is 9.85. The zero-order valence-corrected chi connectivity index (χ0v) is 14.8. The van der Waals surface area contributed by atoms with Crippen LogP contribution in [-0.2, 0) is 4.79 Å². The molecule has 0 saturated heterocycles. The lowest BCUT2D eigenvalue weighted by molar-refractivity contribution is -0.116. The number of thiazole rings is 1. The van der Waals surface area contributed by atoms with E-state index in [0.717, 1.165) is 23.5 Å². The Hall–Kier alpha value is -2.05. The first kappa shape index (κ1) is 16.4. The number of aromatic nitrogens is 1. The average molecular weight is 376 g/mol. The van der Waals surface area contributed by atoms with Gasteiger partial charge in [0.05, 0.1) is 0 Å². The quantitative estimate of drug-likeness (QED) is 0.843. The summed E-state index contributed by atoms with van der Waals surface area (Å²) in [7, 11) is 0. The number of hydrogen-bond donors (Lipinski definition) is 1. The van der Waals surface area contributed by atoms with Crippen LogP contribution in [0.5, 0.6) is 0 Å². The Balaban J connectivity index is 1.86. The number of allylic oxidation sites excluding steroid dienone is 5. The van der Waals surface area contributed by atoms with E-state index in [1.54, 1.807) is 18.3 Å². The van der Waals surface area contributed by atoms with Crippen molar-refractivity contribution in [3.05, 3.63) is 62.5 Å². The average Bonchev–Trinajstić information content (AvgIpc) is 3.07. The minimum atomic E-state index is -0.533. The van der Waals surface area contributed by atoms with Gasteiger partial charge in [-0.2, -0.15) is 0 Å². The molecule has 1 unspecified atom stereocenters. The van der Waals surface area contributed by atoms with E-state index in [1.807, 2.05) is 5.38 Å². The smallest absolute Gasteiger partial charge is 0.163 e. The van der Waals surface area contributed by atoms with Crippen LogP contribution in [0.2, 0.25) is 0 Å². The molecule has 0 fully saturated rings. The second kappa shape index (κ2) is 6.69. The van der Waals surface area contributed by atoms with Gasteiger partial charge in [0.15, 0.2) is 16.6 Å². The number of amidine groups is 1. The van der Waals surface area contributed by atoms with E-state index in [0.29, 0.717) is 23.4 Å². The highest BCUT2D eigenvalue weighted by Crippen LogP contribution is 2.35. The van der Waals surface area contributed by atoms with Gasteiger partial charge in [0.1, 0.15) is 11.9 Å². The Labute approximate surface area is 153 Å². The Kier molecular flexibility index (Phi) is 4.39. The molecule has 0 saturated carbocycles. The van der Waals surface area contributed by atoms with E-state index in [2.05, 4.69) is 10.3 Å². The number of carbonyl (C=O) groups excluding carboxylic acids is 1. The minimum absolute atomic E-state index is 0.0692. The van der Waals surface area contributed by atoms with Crippen LogP contribution in [0.3, 0.4) is 0 Å². The van der Waals surface area contributed by atoms with Crippen LogP contribution in [0, 0.1) is 0 Å². The third-order valence-corrected chi connectivity index (χ3v) is 5.46. The van der Waals surface area contributed by atoms with Gasteiger partial charge in [-0.15, -0.1) is 11.3 Å². The molecule has 4 nitrogen and oxygen atoms in total. The van der Waals surface area contributed by atoms with Crippen molar-refractivity contribution < 1.29 is 9.18 Å². The fourth-order valence-corrected chi connectivity index (χ4v) is 4.11. The molecular weight excluding hydrogens is 361 g/mol. The molecule has 0 aromatic carbocycles. The maximum absolute atomic E-state index is 13.7.